The highest BCUT2D eigenvalue weighted by atomic mass is 32.1. The van der Waals surface area contributed by atoms with Gasteiger partial charge in [0.2, 0.25) is 12.2 Å². The van der Waals surface area contributed by atoms with E-state index >= 15 is 0 Å². The molecular formula is C32H37N5O7S. The molecule has 1 saturated carbocycles. The number of ether oxygens (including phenoxy) is 2. The molecule has 1 aromatic carbocycles. The lowest BCUT2D eigenvalue weighted by molar-refractivity contribution is -0.154. The van der Waals surface area contributed by atoms with Crippen LogP contribution in [0.15, 0.2) is 59.9 Å². The number of oxazole rings is 1. The maximum atomic E-state index is 14.0. The molecule has 13 heteroatoms. The summed E-state index contributed by atoms with van der Waals surface area (Å²) < 4.78 is 20.3. The van der Waals surface area contributed by atoms with Gasteiger partial charge in [-0.15, -0.1) is 11.3 Å². The van der Waals surface area contributed by atoms with E-state index in [1.807, 2.05) is 36.8 Å². The predicted molar refractivity (Wildman–Crippen MR) is 166 cm³/mol. The molecule has 3 aromatic heterocycles. The van der Waals surface area contributed by atoms with Crippen molar-refractivity contribution in [3.8, 4) is 16.5 Å². The Bertz CT molecular complexity index is 1640. The fourth-order valence-electron chi connectivity index (χ4n) is 6.31. The number of aliphatic hydroxyl groups excluding tert-OH is 1. The van der Waals surface area contributed by atoms with Gasteiger partial charge in [0.15, 0.2) is 0 Å². The van der Waals surface area contributed by atoms with Crippen molar-refractivity contribution in [3.05, 3.63) is 72.1 Å². The second-order valence-corrected chi connectivity index (χ2v) is 12.9. The highest BCUT2D eigenvalue weighted by Crippen LogP contribution is 2.47. The van der Waals surface area contributed by atoms with Crippen LogP contribution >= 0.6 is 11.3 Å². The Hall–Kier alpha value is -4.20. The van der Waals surface area contributed by atoms with Crippen LogP contribution in [0.3, 0.4) is 0 Å². The number of amides is 1. The van der Waals surface area contributed by atoms with Crippen molar-refractivity contribution in [1.29, 1.82) is 0 Å². The number of para-hydroxylation sites is 1. The largest absolute Gasteiger partial charge is 0.496 e. The summed E-state index contributed by atoms with van der Waals surface area (Å²) in [6.45, 7) is 4.70. The smallest absolute Gasteiger partial charge is 0.329 e. The number of carbonyl (C=O) groups excluding carboxylic acids is 1. The van der Waals surface area contributed by atoms with Crippen molar-refractivity contribution in [2.75, 3.05) is 18.6 Å². The third-order valence-corrected chi connectivity index (χ3v) is 10.2. The lowest BCUT2D eigenvalue weighted by atomic mass is 9.92. The van der Waals surface area contributed by atoms with Gasteiger partial charge in [-0.2, -0.15) is 0 Å². The molecule has 0 saturated heterocycles. The van der Waals surface area contributed by atoms with Gasteiger partial charge in [-0.1, -0.05) is 18.2 Å². The van der Waals surface area contributed by atoms with Gasteiger partial charge in [-0.3, -0.25) is 9.69 Å². The van der Waals surface area contributed by atoms with E-state index in [9.17, 15) is 19.8 Å². The van der Waals surface area contributed by atoms with Gasteiger partial charge in [0, 0.05) is 24.0 Å². The first-order chi connectivity index (χ1) is 21.6. The number of thiophene rings is 1. The summed E-state index contributed by atoms with van der Waals surface area (Å²) in [5.41, 5.74) is -0.0469. The minimum Gasteiger partial charge on any atom is -0.496 e. The quantitative estimate of drug-likeness (QED) is 0.237. The Morgan fingerprint density at radius 3 is 2.60 bits per heavy atom. The summed E-state index contributed by atoms with van der Waals surface area (Å²) in [6.07, 6.45) is 9.85. The number of aliphatic carboxylic acids is 1. The fourth-order valence-corrected chi connectivity index (χ4v) is 7.57. The number of benzene rings is 1. The molecule has 238 valence electrons. The lowest BCUT2D eigenvalue weighted by Gasteiger charge is -2.47. The summed E-state index contributed by atoms with van der Waals surface area (Å²) in [7, 11) is 1.60. The Morgan fingerprint density at radius 1 is 1.20 bits per heavy atom. The van der Waals surface area contributed by atoms with Crippen LogP contribution in [0.1, 0.15) is 73.2 Å². The first-order valence-electron chi connectivity index (χ1n) is 14.9. The van der Waals surface area contributed by atoms with E-state index in [-0.39, 0.29) is 12.6 Å². The number of methoxy groups -OCH3 is 1. The van der Waals surface area contributed by atoms with Gasteiger partial charge in [0.25, 0.3) is 5.91 Å². The molecule has 2 N–H and O–H groups in total. The average molecular weight is 636 g/mol. The Kier molecular flexibility index (Phi) is 8.42. The van der Waals surface area contributed by atoms with E-state index in [0.29, 0.717) is 38.7 Å². The number of aromatic nitrogens is 3. The highest BCUT2D eigenvalue weighted by Gasteiger charge is 2.50. The minimum absolute atomic E-state index is 0.0674. The third kappa shape index (κ3) is 5.60. The zero-order valence-electron chi connectivity index (χ0n) is 25.6. The molecule has 2 aliphatic rings. The maximum absolute atomic E-state index is 14.0. The SMILES string of the molecule is COc1ccccc1C(CN1c2sc(-c3ncco3)c(C)c2C(=O)N(C(C)(C)C(=O)O)C1O)OC1CCC(n2ccnc2)CC1. The molecular weight excluding hydrogens is 598 g/mol. The Balaban J connectivity index is 1.39. The van der Waals surface area contributed by atoms with Crippen LogP contribution in [0.5, 0.6) is 5.75 Å². The zero-order chi connectivity index (χ0) is 31.9. The van der Waals surface area contributed by atoms with Crippen LogP contribution < -0.4 is 9.64 Å². The molecule has 2 atom stereocenters. The zero-order valence-corrected chi connectivity index (χ0v) is 26.4. The van der Waals surface area contributed by atoms with Gasteiger partial charge in [-0.25, -0.2) is 14.8 Å². The summed E-state index contributed by atoms with van der Waals surface area (Å²) in [5, 5.41) is 22.5. The van der Waals surface area contributed by atoms with Crippen LogP contribution in [0.2, 0.25) is 0 Å². The van der Waals surface area contributed by atoms with E-state index in [2.05, 4.69) is 14.5 Å². The van der Waals surface area contributed by atoms with E-state index in [1.165, 1.54) is 37.6 Å². The van der Waals surface area contributed by atoms with E-state index in [4.69, 9.17) is 13.9 Å². The lowest BCUT2D eigenvalue weighted by Crippen LogP contribution is -2.65. The van der Waals surface area contributed by atoms with Crippen molar-refractivity contribution in [2.24, 2.45) is 0 Å². The number of aliphatic hydroxyl groups is 1. The van der Waals surface area contributed by atoms with Crippen LogP contribution in [-0.2, 0) is 9.53 Å². The summed E-state index contributed by atoms with van der Waals surface area (Å²) >= 11 is 1.27. The van der Waals surface area contributed by atoms with Crippen LogP contribution in [0, 0.1) is 6.92 Å². The van der Waals surface area contributed by atoms with Crippen molar-refractivity contribution >= 4 is 28.2 Å². The molecule has 4 aromatic rings. The first kappa shape index (κ1) is 30.8. The average Bonchev–Trinajstić information content (AvgIpc) is 3.81. The molecule has 1 fully saturated rings. The van der Waals surface area contributed by atoms with Gasteiger partial charge < -0.3 is 33.6 Å². The molecule has 12 nitrogen and oxygen atoms in total. The summed E-state index contributed by atoms with van der Waals surface area (Å²) in [5.74, 6) is -0.861. The summed E-state index contributed by atoms with van der Waals surface area (Å²) in [4.78, 5) is 38.2. The molecule has 2 unspecified atom stereocenters. The Labute approximate surface area is 264 Å². The molecule has 0 radical (unpaired) electrons. The van der Waals surface area contributed by atoms with E-state index < -0.39 is 29.9 Å². The van der Waals surface area contributed by atoms with Crippen molar-refractivity contribution in [3.63, 3.8) is 0 Å². The van der Waals surface area contributed by atoms with Gasteiger partial charge in [0.05, 0.1) is 42.7 Å². The molecule has 45 heavy (non-hydrogen) atoms. The standard InChI is InChI=1S/C32H37N5O7S/c1-19-25-28(38)37(32(2,3)30(39)40)31(41)36(29(25)45-26(19)27-34-14-16-43-27)17-24(22-7-5-6-8-23(22)42-4)44-21-11-9-20(10-12-21)35-15-13-33-18-35/h5-8,13-16,18,20-21,24,31,41H,9-12,17H2,1-4H3,(H,39,40). The number of hydrogen-bond acceptors (Lipinski definition) is 10. The second kappa shape index (κ2) is 12.3. The molecule has 6 rings (SSSR count). The number of imidazole rings is 1. The number of carboxylic acids is 1. The fraction of sp³-hybridized carbons (Fsp3) is 0.438. The van der Waals surface area contributed by atoms with Gasteiger partial charge in [0.1, 0.15) is 28.7 Å². The topological polar surface area (TPSA) is 143 Å². The van der Waals surface area contributed by atoms with Gasteiger partial charge >= 0.3 is 5.97 Å². The van der Waals surface area contributed by atoms with E-state index in [0.717, 1.165) is 36.1 Å². The number of rotatable bonds is 10. The number of nitrogens with zero attached hydrogens (tertiary/aromatic N) is 5. The third-order valence-electron chi connectivity index (χ3n) is 8.88. The molecule has 1 aliphatic heterocycles. The highest BCUT2D eigenvalue weighted by molar-refractivity contribution is 7.20. The number of anilines is 1. The Morgan fingerprint density at radius 2 is 1.96 bits per heavy atom. The van der Waals surface area contributed by atoms with Gasteiger partial charge in [-0.05, 0) is 58.1 Å². The van der Waals surface area contributed by atoms with E-state index in [1.54, 1.807) is 25.1 Å². The molecule has 1 amide bonds. The monoisotopic (exact) mass is 635 g/mol. The van der Waals surface area contributed by atoms with Crippen molar-refractivity contribution < 1.29 is 33.7 Å². The van der Waals surface area contributed by atoms with Crippen LogP contribution in [0.25, 0.3) is 10.8 Å². The van der Waals surface area contributed by atoms with Crippen molar-refractivity contribution in [1.82, 2.24) is 19.4 Å². The number of carbonyl (C=O) groups is 2. The minimum atomic E-state index is -1.73. The number of carboxylic acid groups (broad SMARTS) is 1. The van der Waals surface area contributed by atoms with Crippen LogP contribution in [0.4, 0.5) is 5.00 Å². The predicted octanol–water partition coefficient (Wildman–Crippen LogP) is 5.26. The van der Waals surface area contributed by atoms with Crippen molar-refractivity contribution in [2.45, 2.75) is 76.6 Å². The maximum Gasteiger partial charge on any atom is 0.329 e. The molecule has 1 aliphatic carbocycles. The number of hydrogen-bond donors (Lipinski definition) is 2. The normalized spacial score (nSPS) is 21.1. The molecule has 4 heterocycles. The molecule has 0 spiro atoms. The number of fused-ring (bicyclic) bond motifs is 1. The summed E-state index contributed by atoms with van der Waals surface area (Å²) in [6, 6.07) is 7.93. The van der Waals surface area contributed by atoms with Crippen LogP contribution in [-0.4, -0.2) is 73.2 Å². The second-order valence-electron chi connectivity index (χ2n) is 11.9. The first-order valence-corrected chi connectivity index (χ1v) is 15.7. The molecule has 0 bridgehead atoms.